The van der Waals surface area contributed by atoms with Crippen molar-refractivity contribution in [1.82, 2.24) is 4.31 Å². The predicted octanol–water partition coefficient (Wildman–Crippen LogP) is -2.38. The molecule has 1 heterocycles. The van der Waals surface area contributed by atoms with Crippen LogP contribution in [0.5, 0.6) is 0 Å². The number of nitrogens with zero attached hydrogens (tertiary/aromatic N) is 2. The molecule has 88 valence electrons. The maximum absolute atomic E-state index is 11.2. The van der Waals surface area contributed by atoms with Gasteiger partial charge in [0.2, 0.25) is 0 Å². The highest BCUT2D eigenvalue weighted by Gasteiger charge is 2.40. The lowest BCUT2D eigenvalue weighted by atomic mass is 10.3. The Hall–Kier alpha value is -0.670. The largest absolute Gasteiger partial charge is 0.392 e. The van der Waals surface area contributed by atoms with Gasteiger partial charge in [-0.1, -0.05) is 0 Å². The summed E-state index contributed by atoms with van der Waals surface area (Å²) in [6, 6.07) is -0.741. The number of aliphatic hydroxyl groups excluding tert-OH is 1. The third-order valence-electron chi connectivity index (χ3n) is 2.01. The normalized spacial score (nSPS) is 23.0. The number of hydrogen-bond donors (Lipinski definition) is 1. The van der Waals surface area contributed by atoms with E-state index in [0.717, 1.165) is 27.1 Å². The molecule has 1 aliphatic heterocycles. The Balaban J connectivity index is 3.13. The van der Waals surface area contributed by atoms with E-state index in [2.05, 4.69) is 0 Å². The second-order valence-electron chi connectivity index (χ2n) is 3.38. The van der Waals surface area contributed by atoms with Crippen molar-refractivity contribution in [3.8, 4) is 0 Å². The van der Waals surface area contributed by atoms with Gasteiger partial charge in [-0.25, -0.2) is 0 Å². The average Bonchev–Trinajstić information content (AvgIpc) is 2.44. The minimum absolute atomic E-state index is 0.0532. The van der Waals surface area contributed by atoms with Gasteiger partial charge in [0.05, 0.1) is 19.1 Å². The van der Waals surface area contributed by atoms with E-state index < -0.39 is 32.7 Å². The van der Waals surface area contributed by atoms with Crippen molar-refractivity contribution in [1.29, 1.82) is 0 Å². The molecule has 1 atom stereocenters. The fourth-order valence-corrected chi connectivity index (χ4v) is 3.01. The molecule has 0 saturated heterocycles. The molecule has 1 unspecified atom stereocenters. The van der Waals surface area contributed by atoms with E-state index in [4.69, 9.17) is 5.11 Å². The molecule has 0 radical (unpaired) electrons. The Morgan fingerprint density at radius 3 is 2.20 bits per heavy atom. The van der Waals surface area contributed by atoms with Crippen LogP contribution < -0.4 is 0 Å². The van der Waals surface area contributed by atoms with Gasteiger partial charge in [0, 0.05) is 0 Å². The third kappa shape index (κ3) is 2.67. The number of sulfonamides is 2. The first-order chi connectivity index (χ1) is 6.66. The summed E-state index contributed by atoms with van der Waals surface area (Å²) >= 11 is 0. The molecule has 0 aliphatic carbocycles. The van der Waals surface area contributed by atoms with Gasteiger partial charge in [-0.15, -0.1) is 4.31 Å². The van der Waals surface area contributed by atoms with Crippen molar-refractivity contribution in [3.63, 3.8) is 0 Å². The van der Waals surface area contributed by atoms with Gasteiger partial charge in [0.15, 0.2) is 6.04 Å². The smallest absolute Gasteiger partial charge is 0.297 e. The van der Waals surface area contributed by atoms with E-state index in [0.29, 0.717) is 0 Å². The summed E-state index contributed by atoms with van der Waals surface area (Å²) in [7, 11) is -7.02. The fraction of sp³-hybridized carbons (Fsp3) is 0.833. The van der Waals surface area contributed by atoms with Crippen molar-refractivity contribution in [2.45, 2.75) is 6.04 Å². The zero-order chi connectivity index (χ0) is 11.9. The molecule has 1 rings (SSSR count). The molecule has 7 nitrogen and oxygen atoms in total. The predicted molar refractivity (Wildman–Crippen MR) is 53.6 cm³/mol. The third-order valence-corrected chi connectivity index (χ3v) is 4.27. The highest BCUT2D eigenvalue weighted by molar-refractivity contribution is 7.89. The first kappa shape index (κ1) is 12.4. The molecule has 0 bridgehead atoms. The van der Waals surface area contributed by atoms with E-state index in [1.807, 2.05) is 0 Å². The van der Waals surface area contributed by atoms with Crippen LogP contribution in [0.4, 0.5) is 0 Å². The number of rotatable bonds is 3. The van der Waals surface area contributed by atoms with E-state index in [-0.39, 0.29) is 6.54 Å². The van der Waals surface area contributed by atoms with Crippen molar-refractivity contribution >= 4 is 26.4 Å². The van der Waals surface area contributed by atoms with Gasteiger partial charge < -0.3 is 5.11 Å². The highest BCUT2D eigenvalue weighted by atomic mass is 32.2. The monoisotopic (exact) mass is 257 g/mol. The molecule has 0 aromatic rings. The molecular formula is C6H13N2O5S2+. The summed E-state index contributed by atoms with van der Waals surface area (Å²) in [5.41, 5.74) is 0. The quantitative estimate of drug-likeness (QED) is 0.570. The molecule has 0 amide bonds. The molecule has 9 heteroatoms. The van der Waals surface area contributed by atoms with Crippen LogP contribution in [0.3, 0.4) is 0 Å². The van der Waals surface area contributed by atoms with Crippen LogP contribution in [0.1, 0.15) is 0 Å². The Morgan fingerprint density at radius 1 is 1.40 bits per heavy atom. The van der Waals surface area contributed by atoms with Crippen LogP contribution in [0.2, 0.25) is 0 Å². The van der Waals surface area contributed by atoms with Crippen molar-refractivity contribution < 1.29 is 25.9 Å². The van der Waals surface area contributed by atoms with E-state index in [1.54, 1.807) is 0 Å². The lowest BCUT2D eigenvalue weighted by molar-refractivity contribution is -0.352. The van der Waals surface area contributed by atoms with Gasteiger partial charge in [0.1, 0.15) is 6.54 Å². The SMILES string of the molecule is CS(=O)(=O)N1C=[N+](S(C)(=O)=O)CC1CO. The first-order valence-corrected chi connectivity index (χ1v) is 7.77. The molecule has 0 spiro atoms. The molecule has 1 N–H and O–H groups in total. The lowest BCUT2D eigenvalue weighted by Crippen LogP contribution is -2.38. The van der Waals surface area contributed by atoms with Crippen LogP contribution in [-0.2, 0) is 20.0 Å². The summed E-state index contributed by atoms with van der Waals surface area (Å²) in [6.45, 7) is -0.474. The van der Waals surface area contributed by atoms with Gasteiger partial charge in [-0.2, -0.15) is 20.8 Å². The van der Waals surface area contributed by atoms with Crippen molar-refractivity contribution in [2.75, 3.05) is 25.7 Å². The summed E-state index contributed by atoms with van der Waals surface area (Å²) in [6.07, 6.45) is 2.92. The molecule has 15 heavy (non-hydrogen) atoms. The van der Waals surface area contributed by atoms with Gasteiger partial charge in [-0.3, -0.25) is 0 Å². The maximum atomic E-state index is 11.2. The molecule has 0 aromatic carbocycles. The van der Waals surface area contributed by atoms with E-state index in [1.165, 1.54) is 0 Å². The topological polar surface area (TPSA) is 94.8 Å². The fourth-order valence-electron chi connectivity index (χ4n) is 1.27. The summed E-state index contributed by atoms with van der Waals surface area (Å²) in [5.74, 6) is 0. The molecule has 0 fully saturated rings. The number of hydrogen-bond acceptors (Lipinski definition) is 5. The lowest BCUT2D eigenvalue weighted by Gasteiger charge is -2.10. The summed E-state index contributed by atoms with van der Waals surface area (Å²) in [5, 5.41) is 8.94. The second kappa shape index (κ2) is 3.72. The van der Waals surface area contributed by atoms with Crippen LogP contribution >= 0.6 is 0 Å². The van der Waals surface area contributed by atoms with Gasteiger partial charge >= 0.3 is 0 Å². The summed E-state index contributed by atoms with van der Waals surface area (Å²) in [4.78, 5) is 0. The Labute approximate surface area is 88.7 Å². The van der Waals surface area contributed by atoms with E-state index >= 15 is 0 Å². The van der Waals surface area contributed by atoms with Gasteiger partial charge in [0.25, 0.3) is 26.4 Å². The van der Waals surface area contributed by atoms with Crippen LogP contribution in [0, 0.1) is 0 Å². The Kier molecular flexibility index (Phi) is 3.08. The van der Waals surface area contributed by atoms with Crippen LogP contribution in [-0.4, -0.2) is 68.3 Å². The van der Waals surface area contributed by atoms with Crippen molar-refractivity contribution in [3.05, 3.63) is 0 Å². The zero-order valence-electron chi connectivity index (χ0n) is 8.36. The first-order valence-electron chi connectivity index (χ1n) is 4.07. The minimum Gasteiger partial charge on any atom is -0.392 e. The molecular weight excluding hydrogens is 244 g/mol. The van der Waals surface area contributed by atoms with Gasteiger partial charge in [-0.05, 0) is 0 Å². The second-order valence-corrected chi connectivity index (χ2v) is 7.20. The Bertz CT molecular complexity index is 478. The molecule has 0 saturated carbocycles. The molecule has 0 aromatic heterocycles. The molecule has 1 aliphatic rings. The minimum atomic E-state index is -3.55. The summed E-state index contributed by atoms with van der Waals surface area (Å²) < 4.78 is 46.5. The zero-order valence-corrected chi connectivity index (χ0v) is 9.99. The maximum Gasteiger partial charge on any atom is 0.297 e. The van der Waals surface area contributed by atoms with Crippen molar-refractivity contribution in [2.24, 2.45) is 0 Å². The van der Waals surface area contributed by atoms with Crippen LogP contribution in [0.25, 0.3) is 0 Å². The standard InChI is InChI=1S/C6H13N2O5S2/c1-14(10,11)7-3-6(4-9)8(5-7)15(2,12)13/h5-6,9H,3-4H2,1-2H3/q+1. The Morgan fingerprint density at radius 2 is 1.93 bits per heavy atom. The number of aliphatic hydroxyl groups is 1. The van der Waals surface area contributed by atoms with Crippen LogP contribution in [0.15, 0.2) is 0 Å². The van der Waals surface area contributed by atoms with E-state index in [9.17, 15) is 16.8 Å². The highest BCUT2D eigenvalue weighted by Crippen LogP contribution is 2.11. The average molecular weight is 257 g/mol.